The van der Waals surface area contributed by atoms with E-state index in [4.69, 9.17) is 9.15 Å². The predicted octanol–water partition coefficient (Wildman–Crippen LogP) is 4.97. The van der Waals surface area contributed by atoms with Gasteiger partial charge in [0, 0.05) is 11.2 Å². The highest BCUT2D eigenvalue weighted by Gasteiger charge is 2.70. The fourth-order valence-corrected chi connectivity index (χ4v) is 10.5. The third-order valence-electron chi connectivity index (χ3n) is 11.6. The Bertz CT molecular complexity index is 1670. The molecule has 1 unspecified atom stereocenters. The van der Waals surface area contributed by atoms with Gasteiger partial charge in [0.25, 0.3) is 0 Å². The van der Waals surface area contributed by atoms with Crippen LogP contribution in [0.25, 0.3) is 11.8 Å². The molecule has 1 aromatic carbocycles. The van der Waals surface area contributed by atoms with Crippen molar-refractivity contribution in [1.29, 1.82) is 0 Å². The number of carbonyl (C=O) groups is 2. The zero-order valence-corrected chi connectivity index (χ0v) is 26.7. The predicted molar refractivity (Wildman–Crippen MR) is 168 cm³/mol. The number of hydrogen-bond donors (Lipinski definition) is 3. The van der Waals surface area contributed by atoms with Crippen LogP contribution in [-0.4, -0.2) is 66.4 Å². The molecule has 11 heteroatoms. The molecule has 8 atom stereocenters. The van der Waals surface area contributed by atoms with E-state index in [1.54, 1.807) is 18.2 Å². The number of esters is 1. The number of benzene rings is 1. The molecule has 4 aliphatic carbocycles. The van der Waals surface area contributed by atoms with E-state index >= 15 is 0 Å². The van der Waals surface area contributed by atoms with Gasteiger partial charge < -0.3 is 24.5 Å². The molecule has 2 aromatic heterocycles. The Kier molecular flexibility index (Phi) is 7.82. The molecule has 3 saturated carbocycles. The summed E-state index contributed by atoms with van der Waals surface area (Å²) < 4.78 is 27.0. The number of fused-ring (bicyclic) bond motifs is 6. The number of halogens is 1. The normalized spacial score (nSPS) is 33.7. The fourth-order valence-electron chi connectivity index (χ4n) is 9.45. The lowest BCUT2D eigenvalue weighted by Gasteiger charge is -2.60. The Morgan fingerprint density at radius 3 is 2.72 bits per heavy atom. The van der Waals surface area contributed by atoms with Crippen LogP contribution in [0.4, 0.5) is 4.39 Å². The van der Waals surface area contributed by atoms with Crippen LogP contribution in [0.1, 0.15) is 67.8 Å². The van der Waals surface area contributed by atoms with E-state index in [0.29, 0.717) is 19.3 Å². The van der Waals surface area contributed by atoms with E-state index in [2.05, 4.69) is 18.1 Å². The largest absolute Gasteiger partial charge is 0.457 e. The molecule has 46 heavy (non-hydrogen) atoms. The average Bonchev–Trinajstić information content (AvgIpc) is 3.77. The number of ether oxygens (including phenoxy) is 1. The van der Waals surface area contributed by atoms with Gasteiger partial charge in [0.05, 0.1) is 42.7 Å². The molecule has 0 saturated heterocycles. The maximum absolute atomic E-state index is 14.1. The number of nitrogens with zero attached hydrogens (tertiary/aromatic N) is 2. The Labute approximate surface area is 270 Å². The average molecular weight is 651 g/mol. The van der Waals surface area contributed by atoms with E-state index in [1.165, 1.54) is 30.0 Å². The number of hydrogen-bond acceptors (Lipinski definition) is 9. The summed E-state index contributed by atoms with van der Waals surface area (Å²) in [7, 11) is 0. The Hall–Kier alpha value is -3.25. The Balaban J connectivity index is 1.22. The van der Waals surface area contributed by atoms with Crippen molar-refractivity contribution in [3.05, 3.63) is 77.3 Å². The van der Waals surface area contributed by atoms with Gasteiger partial charge in [-0.2, -0.15) is 5.10 Å². The monoisotopic (exact) mass is 650 g/mol. The molecule has 4 aliphatic rings. The van der Waals surface area contributed by atoms with Crippen LogP contribution in [0, 0.1) is 34.4 Å². The Morgan fingerprint density at radius 2 is 2.00 bits per heavy atom. The van der Waals surface area contributed by atoms with Crippen molar-refractivity contribution in [3.63, 3.8) is 0 Å². The molecule has 0 bridgehead atoms. The number of aliphatic hydroxyl groups excluding tert-OH is 3. The van der Waals surface area contributed by atoms with Crippen LogP contribution in [0.15, 0.2) is 58.8 Å². The van der Waals surface area contributed by atoms with Gasteiger partial charge in [0.15, 0.2) is 5.60 Å². The zero-order valence-electron chi connectivity index (χ0n) is 25.9. The topological polar surface area (TPSA) is 135 Å². The van der Waals surface area contributed by atoms with E-state index in [1.807, 2.05) is 17.8 Å². The number of aliphatic hydroxyl groups is 3. The highest BCUT2D eigenvalue weighted by atomic mass is 32.2. The van der Waals surface area contributed by atoms with Crippen LogP contribution in [-0.2, 0) is 16.0 Å². The second-order valence-electron chi connectivity index (χ2n) is 13.9. The summed E-state index contributed by atoms with van der Waals surface area (Å²) in [5.74, 6) is -1.09. The third-order valence-corrected chi connectivity index (χ3v) is 12.7. The second kappa shape index (κ2) is 11.5. The summed E-state index contributed by atoms with van der Waals surface area (Å²) in [6, 6.07) is 9.36. The lowest BCUT2D eigenvalue weighted by atomic mass is 9.45. The smallest absolute Gasteiger partial charge is 0.375 e. The molecular formula is C35H39FN2O7S. The Morgan fingerprint density at radius 1 is 1.22 bits per heavy atom. The van der Waals surface area contributed by atoms with Crippen LogP contribution in [0.3, 0.4) is 0 Å². The number of carbonyl (C=O) groups excluding carboxylic acids is 2. The molecule has 0 amide bonds. The lowest BCUT2D eigenvalue weighted by molar-refractivity contribution is -0.175. The molecule has 244 valence electrons. The maximum atomic E-state index is 14.1. The van der Waals surface area contributed by atoms with E-state index in [-0.39, 0.29) is 52.0 Å². The van der Waals surface area contributed by atoms with Crippen LogP contribution >= 0.6 is 11.8 Å². The van der Waals surface area contributed by atoms with Crippen LogP contribution in [0.2, 0.25) is 0 Å². The van der Waals surface area contributed by atoms with E-state index in [0.717, 1.165) is 41.5 Å². The molecule has 0 radical (unpaired) electrons. The van der Waals surface area contributed by atoms with Gasteiger partial charge in [-0.1, -0.05) is 31.2 Å². The van der Waals surface area contributed by atoms with Gasteiger partial charge in [0.1, 0.15) is 5.82 Å². The highest BCUT2D eigenvalue weighted by Crippen LogP contribution is 2.69. The minimum atomic E-state index is -1.54. The quantitative estimate of drug-likeness (QED) is 0.303. The van der Waals surface area contributed by atoms with Gasteiger partial charge in [-0.3, -0.25) is 4.79 Å². The van der Waals surface area contributed by atoms with Crippen molar-refractivity contribution in [2.75, 3.05) is 12.4 Å². The SMILES string of the molecule is C[C@]12Cc3cnn(-c4ccc(F)cc4)c3C=C1CC[C@@H]1[C@@H]2[C@@H](O)C[C@@]2(C)[C@H]1CC[C@]2(OC(=O)c1ccco1)C(=O)SCC(O)CO. The summed E-state index contributed by atoms with van der Waals surface area (Å²) in [5.41, 5.74) is 1.34. The molecule has 3 aromatic rings. The first-order valence-electron chi connectivity index (χ1n) is 16.0. The third kappa shape index (κ3) is 4.72. The van der Waals surface area contributed by atoms with Crippen molar-refractivity contribution in [2.24, 2.45) is 28.6 Å². The number of furan rings is 1. The number of allylic oxidation sites excluding steroid dienone is 1. The van der Waals surface area contributed by atoms with Crippen molar-refractivity contribution >= 4 is 28.9 Å². The number of rotatable bonds is 7. The highest BCUT2D eigenvalue weighted by molar-refractivity contribution is 8.13. The first-order chi connectivity index (χ1) is 22.0. The summed E-state index contributed by atoms with van der Waals surface area (Å²) in [5, 5.41) is 35.8. The van der Waals surface area contributed by atoms with Gasteiger partial charge in [0.2, 0.25) is 10.9 Å². The van der Waals surface area contributed by atoms with Gasteiger partial charge >= 0.3 is 5.97 Å². The van der Waals surface area contributed by atoms with Gasteiger partial charge in [-0.15, -0.1) is 0 Å². The van der Waals surface area contributed by atoms with E-state index in [9.17, 15) is 29.3 Å². The standard InChI is InChI=1S/C35H39FN2O7S/c1-33-15-20-17-37-38(23-8-6-22(36)7-9-23)27(20)14-21(33)5-10-25-26-11-12-35(32(43)46-19-24(40)18-39,34(26,2)16-28(41)30(25)33)45-31(42)29-4-3-13-44-29/h3-4,6-9,13-14,17,24-26,28,30,39-41H,5,10-12,15-16,18-19H2,1-2H3/t24?,25-,26-,28-,30+,33-,34-,35-/m0/s1. The summed E-state index contributed by atoms with van der Waals surface area (Å²) >= 11 is 0.863. The fraction of sp³-hybridized carbons (Fsp3) is 0.514. The molecule has 7 rings (SSSR count). The summed E-state index contributed by atoms with van der Waals surface area (Å²) in [6.07, 6.45) is 7.12. The summed E-state index contributed by atoms with van der Waals surface area (Å²) in [6.45, 7) is 3.72. The molecule has 3 fully saturated rings. The molecular weight excluding hydrogens is 611 g/mol. The molecule has 9 nitrogen and oxygen atoms in total. The minimum Gasteiger partial charge on any atom is -0.457 e. The lowest BCUT2D eigenvalue weighted by Crippen LogP contribution is -2.62. The first kappa shape index (κ1) is 31.4. The number of thioether (sulfide) groups is 1. The van der Waals surface area contributed by atoms with Crippen molar-refractivity contribution in [1.82, 2.24) is 9.78 Å². The molecule has 0 aliphatic heterocycles. The molecule has 2 heterocycles. The molecule has 3 N–H and O–H groups in total. The van der Waals surface area contributed by atoms with Crippen molar-refractivity contribution < 1.29 is 38.5 Å². The zero-order chi connectivity index (χ0) is 32.4. The summed E-state index contributed by atoms with van der Waals surface area (Å²) in [4.78, 5) is 27.5. The van der Waals surface area contributed by atoms with E-state index < -0.39 is 35.8 Å². The number of aromatic nitrogens is 2. The second-order valence-corrected chi connectivity index (χ2v) is 14.9. The van der Waals surface area contributed by atoms with Gasteiger partial charge in [-0.25, -0.2) is 13.9 Å². The minimum absolute atomic E-state index is 0.000623. The van der Waals surface area contributed by atoms with Gasteiger partial charge in [-0.05, 0) is 110 Å². The molecule has 0 spiro atoms. The van der Waals surface area contributed by atoms with Crippen LogP contribution < -0.4 is 0 Å². The maximum Gasteiger partial charge on any atom is 0.375 e. The van der Waals surface area contributed by atoms with Crippen LogP contribution in [0.5, 0.6) is 0 Å². The van der Waals surface area contributed by atoms with Crippen molar-refractivity contribution in [2.45, 2.75) is 70.2 Å². The first-order valence-corrected chi connectivity index (χ1v) is 16.9. The van der Waals surface area contributed by atoms with Crippen molar-refractivity contribution in [3.8, 4) is 5.69 Å².